The Morgan fingerprint density at radius 3 is 2.84 bits per heavy atom. The van der Waals surface area contributed by atoms with E-state index in [1.807, 2.05) is 6.07 Å². The summed E-state index contributed by atoms with van der Waals surface area (Å²) in [4.78, 5) is 3.99. The summed E-state index contributed by atoms with van der Waals surface area (Å²) in [7, 11) is -2.99. The molecule has 0 fully saturated rings. The van der Waals surface area contributed by atoms with Gasteiger partial charge < -0.3 is 10.1 Å². The van der Waals surface area contributed by atoms with Crippen molar-refractivity contribution in [1.82, 2.24) is 4.98 Å². The third-order valence-corrected chi connectivity index (χ3v) is 3.32. The highest BCUT2D eigenvalue weighted by atomic mass is 35.5. The molecule has 0 aromatic carbocycles. The van der Waals surface area contributed by atoms with Crippen LogP contribution in [0.4, 0.5) is 5.82 Å². The number of hydrogen-bond donors (Lipinski definition) is 1. The fraction of sp³-hybridized carbons (Fsp3) is 0.455. The number of hydrogen-bond acceptors (Lipinski definition) is 6. The minimum Gasteiger partial charge on any atom is -0.379 e. The summed E-state index contributed by atoms with van der Waals surface area (Å²) >= 11 is 5.75. The van der Waals surface area contributed by atoms with Crippen LogP contribution in [0, 0.1) is 11.3 Å². The molecule has 6 nitrogen and oxygen atoms in total. The van der Waals surface area contributed by atoms with Crippen LogP contribution in [0.3, 0.4) is 0 Å². The largest absolute Gasteiger partial charge is 0.379 e. The van der Waals surface area contributed by atoms with Crippen LogP contribution in [0.2, 0.25) is 5.02 Å². The van der Waals surface area contributed by atoms with Gasteiger partial charge in [-0.2, -0.15) is 5.26 Å². The Bertz CT molecular complexity index is 569. The van der Waals surface area contributed by atoms with Gasteiger partial charge in [0.1, 0.15) is 21.7 Å². The van der Waals surface area contributed by atoms with Gasteiger partial charge in [-0.25, -0.2) is 13.4 Å². The fourth-order valence-corrected chi connectivity index (χ4v) is 1.75. The molecular weight excluding hydrogens is 290 g/mol. The second-order valence-corrected chi connectivity index (χ2v) is 6.47. The number of nitriles is 1. The summed E-state index contributed by atoms with van der Waals surface area (Å²) in [5, 5.41) is 12.0. The maximum Gasteiger partial charge on any atom is 0.161 e. The van der Waals surface area contributed by atoms with Gasteiger partial charge in [0.15, 0.2) is 5.69 Å². The standard InChI is InChI=1S/C11H14ClN3O3S/c1-19(16,17)7-6-18-5-4-14-11-3-2-9(12)10(8-13)15-11/h2-3H,4-7H2,1H3,(H,14,15). The van der Waals surface area contributed by atoms with Gasteiger partial charge in [0, 0.05) is 12.8 Å². The van der Waals surface area contributed by atoms with Gasteiger partial charge in [0.05, 0.1) is 24.0 Å². The predicted octanol–water partition coefficient (Wildman–Crippen LogP) is 1.08. The van der Waals surface area contributed by atoms with Crippen molar-refractivity contribution in [3.05, 3.63) is 22.8 Å². The van der Waals surface area contributed by atoms with Gasteiger partial charge in [-0.05, 0) is 12.1 Å². The third kappa shape index (κ3) is 6.38. The molecule has 0 saturated carbocycles. The van der Waals surface area contributed by atoms with E-state index >= 15 is 0 Å². The van der Waals surface area contributed by atoms with Crippen LogP contribution >= 0.6 is 11.6 Å². The average molecular weight is 304 g/mol. The Balaban J connectivity index is 2.29. The number of nitrogens with zero attached hydrogens (tertiary/aromatic N) is 2. The van der Waals surface area contributed by atoms with Crippen LogP contribution in [0.5, 0.6) is 0 Å². The van der Waals surface area contributed by atoms with Crippen LogP contribution in [0.15, 0.2) is 12.1 Å². The van der Waals surface area contributed by atoms with E-state index in [2.05, 4.69) is 10.3 Å². The first-order valence-electron chi connectivity index (χ1n) is 5.48. The summed E-state index contributed by atoms with van der Waals surface area (Å²) in [6, 6.07) is 5.12. The Morgan fingerprint density at radius 1 is 1.47 bits per heavy atom. The lowest BCUT2D eigenvalue weighted by molar-refractivity contribution is 0.159. The molecule has 104 valence electrons. The van der Waals surface area contributed by atoms with Gasteiger partial charge in [0.2, 0.25) is 0 Å². The SMILES string of the molecule is CS(=O)(=O)CCOCCNc1ccc(Cl)c(C#N)n1. The summed E-state index contributed by atoms with van der Waals surface area (Å²) in [6.45, 7) is 0.975. The third-order valence-electron chi connectivity index (χ3n) is 2.10. The van der Waals surface area contributed by atoms with E-state index in [1.165, 1.54) is 0 Å². The number of ether oxygens (including phenoxy) is 1. The van der Waals surface area contributed by atoms with Crippen LogP contribution in [-0.4, -0.2) is 45.2 Å². The Kier molecular flexibility index (Phi) is 6.02. The van der Waals surface area contributed by atoms with Crippen molar-refractivity contribution in [2.75, 3.05) is 37.1 Å². The first-order chi connectivity index (χ1) is 8.92. The molecule has 8 heteroatoms. The number of halogens is 1. The molecule has 1 N–H and O–H groups in total. The smallest absolute Gasteiger partial charge is 0.161 e. The summed E-state index contributed by atoms with van der Waals surface area (Å²) < 4.78 is 26.8. The van der Waals surface area contributed by atoms with E-state index in [-0.39, 0.29) is 18.1 Å². The molecule has 0 bridgehead atoms. The number of sulfone groups is 1. The molecule has 19 heavy (non-hydrogen) atoms. The van der Waals surface area contributed by atoms with E-state index in [0.717, 1.165) is 6.26 Å². The van der Waals surface area contributed by atoms with Crippen molar-refractivity contribution in [2.24, 2.45) is 0 Å². The summed E-state index contributed by atoms with van der Waals surface area (Å²) in [5.41, 5.74) is 0.157. The number of aromatic nitrogens is 1. The van der Waals surface area contributed by atoms with E-state index in [0.29, 0.717) is 24.0 Å². The molecule has 0 unspecified atom stereocenters. The average Bonchev–Trinajstić information content (AvgIpc) is 2.34. The molecular formula is C11H14ClN3O3S. The summed E-state index contributed by atoms with van der Waals surface area (Å²) in [5.74, 6) is 0.526. The Hall–Kier alpha value is -1.36. The lowest BCUT2D eigenvalue weighted by Gasteiger charge is -2.07. The van der Waals surface area contributed by atoms with Gasteiger partial charge >= 0.3 is 0 Å². The van der Waals surface area contributed by atoms with Gasteiger partial charge in [-0.1, -0.05) is 11.6 Å². The molecule has 0 spiro atoms. The highest BCUT2D eigenvalue weighted by Gasteiger charge is 2.03. The first kappa shape index (κ1) is 15.7. The molecule has 0 saturated heterocycles. The Labute approximate surface area is 117 Å². The van der Waals surface area contributed by atoms with Crippen molar-refractivity contribution in [3.63, 3.8) is 0 Å². The number of rotatable bonds is 7. The Morgan fingerprint density at radius 2 is 2.21 bits per heavy atom. The van der Waals surface area contributed by atoms with E-state index < -0.39 is 9.84 Å². The highest BCUT2D eigenvalue weighted by Crippen LogP contribution is 2.15. The number of nitrogens with one attached hydrogen (secondary N) is 1. The normalized spacial score (nSPS) is 11.0. The van der Waals surface area contributed by atoms with Crippen molar-refractivity contribution < 1.29 is 13.2 Å². The minimum absolute atomic E-state index is 0.00474. The molecule has 1 rings (SSSR count). The monoisotopic (exact) mass is 303 g/mol. The zero-order valence-electron chi connectivity index (χ0n) is 10.4. The first-order valence-corrected chi connectivity index (χ1v) is 7.92. The van der Waals surface area contributed by atoms with Gasteiger partial charge in [0.25, 0.3) is 0 Å². The van der Waals surface area contributed by atoms with Crippen LogP contribution in [0.25, 0.3) is 0 Å². The lowest BCUT2D eigenvalue weighted by atomic mass is 10.3. The van der Waals surface area contributed by atoms with E-state index in [4.69, 9.17) is 21.6 Å². The molecule has 0 aliphatic carbocycles. The molecule has 1 aromatic rings. The number of anilines is 1. The fourth-order valence-electron chi connectivity index (χ4n) is 1.18. The van der Waals surface area contributed by atoms with Crippen LogP contribution in [0.1, 0.15) is 5.69 Å². The minimum atomic E-state index is -2.99. The maximum absolute atomic E-state index is 10.8. The predicted molar refractivity (Wildman–Crippen MR) is 73.0 cm³/mol. The van der Waals surface area contributed by atoms with Crippen molar-refractivity contribution in [3.8, 4) is 6.07 Å². The van der Waals surface area contributed by atoms with E-state index in [9.17, 15) is 8.42 Å². The molecule has 1 heterocycles. The molecule has 0 radical (unpaired) electrons. The van der Waals surface area contributed by atoms with Crippen LogP contribution in [-0.2, 0) is 14.6 Å². The second-order valence-electron chi connectivity index (χ2n) is 3.81. The maximum atomic E-state index is 10.8. The quantitative estimate of drug-likeness (QED) is 0.758. The van der Waals surface area contributed by atoms with Crippen molar-refractivity contribution in [2.45, 2.75) is 0 Å². The molecule has 1 aromatic heterocycles. The number of pyridine rings is 1. The van der Waals surface area contributed by atoms with Crippen molar-refractivity contribution >= 4 is 27.3 Å². The van der Waals surface area contributed by atoms with Gasteiger partial charge in [-0.15, -0.1) is 0 Å². The highest BCUT2D eigenvalue weighted by molar-refractivity contribution is 7.90. The van der Waals surface area contributed by atoms with Crippen molar-refractivity contribution in [1.29, 1.82) is 5.26 Å². The van der Waals surface area contributed by atoms with E-state index in [1.54, 1.807) is 12.1 Å². The molecule has 0 aliphatic heterocycles. The lowest BCUT2D eigenvalue weighted by Crippen LogP contribution is -2.15. The van der Waals surface area contributed by atoms with Gasteiger partial charge in [-0.3, -0.25) is 0 Å². The second kappa shape index (κ2) is 7.28. The van der Waals surface area contributed by atoms with Crippen LogP contribution < -0.4 is 5.32 Å². The molecule has 0 atom stereocenters. The summed E-state index contributed by atoms with van der Waals surface area (Å²) in [6.07, 6.45) is 1.16. The zero-order valence-corrected chi connectivity index (χ0v) is 12.0. The molecule has 0 amide bonds. The molecule has 0 aliphatic rings. The topological polar surface area (TPSA) is 92.1 Å². The zero-order chi connectivity index (χ0) is 14.3.